The largest absolute Gasteiger partial charge is 0.391 e. The normalized spacial score (nSPS) is 20.9. The van der Waals surface area contributed by atoms with Crippen LogP contribution in [0.25, 0.3) is 0 Å². The number of pyridine rings is 1. The molecule has 2 atom stereocenters. The lowest BCUT2D eigenvalue weighted by molar-refractivity contribution is -0.130. The Bertz CT molecular complexity index is 662. The van der Waals surface area contributed by atoms with E-state index in [0.29, 0.717) is 43.3 Å². The summed E-state index contributed by atoms with van der Waals surface area (Å²) in [5.41, 5.74) is 0.933. The van der Waals surface area contributed by atoms with E-state index in [9.17, 15) is 9.90 Å². The van der Waals surface area contributed by atoms with E-state index in [1.54, 1.807) is 17.2 Å². The standard InChI is InChI=1S/C16H18ClN3O3/c17-15-8-13(23-19-15)4-5-16(22)20-9-11(14(21)10-20)7-12-3-1-2-6-18-12/h1-3,6,8,11,14,21H,4-5,7,9-10H2/t11-,14-/m1/s1. The van der Waals surface area contributed by atoms with Crippen molar-refractivity contribution < 1.29 is 14.4 Å². The summed E-state index contributed by atoms with van der Waals surface area (Å²) >= 11 is 5.68. The van der Waals surface area contributed by atoms with Crippen molar-refractivity contribution in [2.45, 2.75) is 25.4 Å². The lowest BCUT2D eigenvalue weighted by Gasteiger charge is -2.15. The van der Waals surface area contributed by atoms with Crippen molar-refractivity contribution in [2.24, 2.45) is 5.92 Å². The number of carbonyl (C=O) groups is 1. The highest BCUT2D eigenvalue weighted by molar-refractivity contribution is 6.29. The highest BCUT2D eigenvalue weighted by Gasteiger charge is 2.33. The van der Waals surface area contributed by atoms with Crippen molar-refractivity contribution >= 4 is 17.5 Å². The summed E-state index contributed by atoms with van der Waals surface area (Å²) < 4.78 is 4.99. The number of halogens is 1. The average Bonchev–Trinajstić information content (AvgIpc) is 3.12. The van der Waals surface area contributed by atoms with Gasteiger partial charge in [0.05, 0.1) is 6.10 Å². The van der Waals surface area contributed by atoms with Crippen LogP contribution in [0.3, 0.4) is 0 Å². The second-order valence-corrected chi connectivity index (χ2v) is 6.15. The van der Waals surface area contributed by atoms with Gasteiger partial charge in [0, 0.05) is 49.8 Å². The van der Waals surface area contributed by atoms with Crippen LogP contribution in [0.4, 0.5) is 0 Å². The van der Waals surface area contributed by atoms with Crippen LogP contribution in [-0.2, 0) is 17.6 Å². The predicted octanol–water partition coefficient (Wildman–Crippen LogP) is 1.72. The highest BCUT2D eigenvalue weighted by Crippen LogP contribution is 2.22. The summed E-state index contributed by atoms with van der Waals surface area (Å²) in [5, 5.41) is 14.1. The summed E-state index contributed by atoms with van der Waals surface area (Å²) in [5.74, 6) is 0.613. The molecule has 1 aliphatic heterocycles. The molecule has 0 unspecified atom stereocenters. The third-order valence-corrected chi connectivity index (χ3v) is 4.25. The van der Waals surface area contributed by atoms with Crippen molar-refractivity contribution in [1.29, 1.82) is 0 Å². The Hall–Kier alpha value is -1.92. The number of likely N-dealkylation sites (tertiary alicyclic amines) is 1. The number of aryl methyl sites for hydroxylation is 1. The number of hydrogen-bond donors (Lipinski definition) is 1. The number of rotatable bonds is 5. The van der Waals surface area contributed by atoms with E-state index >= 15 is 0 Å². The zero-order chi connectivity index (χ0) is 16.2. The molecule has 0 spiro atoms. The van der Waals surface area contributed by atoms with Crippen LogP contribution < -0.4 is 0 Å². The van der Waals surface area contributed by atoms with Crippen molar-refractivity contribution in [3.63, 3.8) is 0 Å². The molecule has 0 bridgehead atoms. The van der Waals surface area contributed by atoms with Crippen LogP contribution in [-0.4, -0.2) is 45.2 Å². The van der Waals surface area contributed by atoms with Gasteiger partial charge >= 0.3 is 0 Å². The fraction of sp³-hybridized carbons (Fsp3) is 0.438. The van der Waals surface area contributed by atoms with Gasteiger partial charge in [0.15, 0.2) is 5.15 Å². The minimum Gasteiger partial charge on any atom is -0.391 e. The highest BCUT2D eigenvalue weighted by atomic mass is 35.5. The van der Waals surface area contributed by atoms with Crippen molar-refractivity contribution in [1.82, 2.24) is 15.0 Å². The number of amides is 1. The molecule has 2 aromatic rings. The van der Waals surface area contributed by atoms with Crippen LogP contribution in [0, 0.1) is 5.92 Å². The topological polar surface area (TPSA) is 79.5 Å². The van der Waals surface area contributed by atoms with Gasteiger partial charge in [-0.1, -0.05) is 22.8 Å². The Labute approximate surface area is 139 Å². The summed E-state index contributed by atoms with van der Waals surface area (Å²) in [6.45, 7) is 0.918. The van der Waals surface area contributed by atoms with Gasteiger partial charge in [-0.25, -0.2) is 0 Å². The lowest BCUT2D eigenvalue weighted by atomic mass is 10.00. The minimum absolute atomic E-state index is 0.0000864. The Morgan fingerprint density at radius 1 is 1.43 bits per heavy atom. The molecule has 0 aliphatic carbocycles. The SMILES string of the molecule is O=C(CCc1cc(Cl)no1)N1C[C@@H](Cc2ccccn2)[C@H](O)C1. The average molecular weight is 336 g/mol. The zero-order valence-corrected chi connectivity index (χ0v) is 13.3. The molecule has 3 heterocycles. The lowest BCUT2D eigenvalue weighted by Crippen LogP contribution is -2.29. The number of aliphatic hydroxyl groups excluding tert-OH is 1. The Kier molecular flexibility index (Phi) is 4.93. The van der Waals surface area contributed by atoms with E-state index in [1.165, 1.54) is 0 Å². The predicted molar refractivity (Wildman–Crippen MR) is 83.9 cm³/mol. The molecule has 0 saturated carbocycles. The maximum Gasteiger partial charge on any atom is 0.223 e. The molecule has 1 N–H and O–H groups in total. The van der Waals surface area contributed by atoms with Gasteiger partial charge in [-0.3, -0.25) is 9.78 Å². The van der Waals surface area contributed by atoms with Crippen molar-refractivity contribution in [2.75, 3.05) is 13.1 Å². The van der Waals surface area contributed by atoms with E-state index in [1.807, 2.05) is 18.2 Å². The van der Waals surface area contributed by atoms with E-state index in [2.05, 4.69) is 10.1 Å². The summed E-state index contributed by atoms with van der Waals surface area (Å²) in [4.78, 5) is 18.3. The van der Waals surface area contributed by atoms with Crippen LogP contribution in [0.5, 0.6) is 0 Å². The first kappa shape index (κ1) is 16.0. The Morgan fingerprint density at radius 3 is 3.00 bits per heavy atom. The van der Waals surface area contributed by atoms with Crippen LogP contribution in [0.1, 0.15) is 17.9 Å². The summed E-state index contributed by atoms with van der Waals surface area (Å²) in [7, 11) is 0. The van der Waals surface area contributed by atoms with Gasteiger partial charge in [-0.15, -0.1) is 0 Å². The van der Waals surface area contributed by atoms with Crippen LogP contribution >= 0.6 is 11.6 Å². The molecule has 1 fully saturated rings. The van der Waals surface area contributed by atoms with Gasteiger partial charge < -0.3 is 14.5 Å². The van der Waals surface area contributed by atoms with Gasteiger partial charge in [0.25, 0.3) is 0 Å². The molecule has 0 radical (unpaired) electrons. The molecule has 23 heavy (non-hydrogen) atoms. The van der Waals surface area contributed by atoms with Crippen molar-refractivity contribution in [3.8, 4) is 0 Å². The smallest absolute Gasteiger partial charge is 0.223 e. The molecule has 7 heteroatoms. The van der Waals surface area contributed by atoms with Gasteiger partial charge in [-0.05, 0) is 18.6 Å². The molecular formula is C16H18ClN3O3. The second-order valence-electron chi connectivity index (χ2n) is 5.77. The molecule has 1 aliphatic rings. The second kappa shape index (κ2) is 7.10. The van der Waals surface area contributed by atoms with Gasteiger partial charge in [-0.2, -0.15) is 0 Å². The van der Waals surface area contributed by atoms with E-state index in [-0.39, 0.29) is 11.8 Å². The van der Waals surface area contributed by atoms with Gasteiger partial charge in [0.1, 0.15) is 5.76 Å². The number of carbonyl (C=O) groups excluding carboxylic acids is 1. The molecule has 1 saturated heterocycles. The number of aliphatic hydroxyl groups is 1. The molecule has 122 valence electrons. The Morgan fingerprint density at radius 2 is 2.30 bits per heavy atom. The van der Waals surface area contributed by atoms with Crippen molar-refractivity contribution in [3.05, 3.63) is 47.1 Å². The molecule has 1 amide bonds. The first-order valence-electron chi connectivity index (χ1n) is 7.58. The maximum absolute atomic E-state index is 12.3. The maximum atomic E-state index is 12.3. The zero-order valence-electron chi connectivity index (χ0n) is 12.6. The summed E-state index contributed by atoms with van der Waals surface area (Å²) in [6.07, 6.45) is 2.66. The Balaban J connectivity index is 1.52. The van der Waals surface area contributed by atoms with E-state index < -0.39 is 6.10 Å². The number of β-amino-alcohol motifs (C(OH)–C–C–N with tert-alkyl or cyclic N) is 1. The van der Waals surface area contributed by atoms with E-state index in [0.717, 1.165) is 5.69 Å². The van der Waals surface area contributed by atoms with Gasteiger partial charge in [0.2, 0.25) is 5.91 Å². The molecule has 6 nitrogen and oxygen atoms in total. The number of hydrogen-bond acceptors (Lipinski definition) is 5. The first-order chi connectivity index (χ1) is 11.1. The quantitative estimate of drug-likeness (QED) is 0.900. The monoisotopic (exact) mass is 335 g/mol. The molecular weight excluding hydrogens is 318 g/mol. The molecule has 2 aromatic heterocycles. The third kappa shape index (κ3) is 4.09. The van der Waals surface area contributed by atoms with Crippen LogP contribution in [0.2, 0.25) is 5.15 Å². The van der Waals surface area contributed by atoms with Crippen LogP contribution in [0.15, 0.2) is 35.0 Å². The molecule has 3 rings (SSSR count). The molecule has 0 aromatic carbocycles. The third-order valence-electron chi connectivity index (χ3n) is 4.07. The number of nitrogens with zero attached hydrogens (tertiary/aromatic N) is 3. The van der Waals surface area contributed by atoms with E-state index in [4.69, 9.17) is 16.1 Å². The first-order valence-corrected chi connectivity index (χ1v) is 7.96. The fourth-order valence-corrected chi connectivity index (χ4v) is 3.00. The fourth-order valence-electron chi connectivity index (χ4n) is 2.84. The number of aromatic nitrogens is 2. The minimum atomic E-state index is -0.513. The summed E-state index contributed by atoms with van der Waals surface area (Å²) in [6, 6.07) is 7.33.